The van der Waals surface area contributed by atoms with Crippen molar-refractivity contribution in [1.82, 2.24) is 0 Å². The van der Waals surface area contributed by atoms with Gasteiger partial charge in [0.15, 0.2) is 0 Å². The second-order valence-electron chi connectivity index (χ2n) is 2.89. The van der Waals surface area contributed by atoms with Crippen molar-refractivity contribution in [3.63, 3.8) is 0 Å². The lowest BCUT2D eigenvalue weighted by Gasteiger charge is -1.99. The molecule has 0 unspecified atom stereocenters. The molecule has 1 aromatic rings. The first-order valence-electron chi connectivity index (χ1n) is 4.34. The maximum Gasteiger partial charge on any atom is 0.0721 e. The summed E-state index contributed by atoms with van der Waals surface area (Å²) in [6.07, 6.45) is 4.17. The zero-order valence-corrected chi connectivity index (χ0v) is 9.16. The fourth-order valence-corrected chi connectivity index (χ4v) is 1.20. The second-order valence-corrected chi connectivity index (χ2v) is 3.80. The summed E-state index contributed by atoms with van der Waals surface area (Å²) in [5.41, 5.74) is 1.11. The molecule has 13 heavy (non-hydrogen) atoms. The Morgan fingerprint density at radius 1 is 1.38 bits per heavy atom. The highest BCUT2D eigenvalue weighted by atomic mass is 79.9. The van der Waals surface area contributed by atoms with Crippen molar-refractivity contribution in [2.45, 2.75) is 19.4 Å². The highest BCUT2D eigenvalue weighted by Gasteiger charge is 1.92. The molecule has 70 valence electrons. The lowest BCUT2D eigenvalue weighted by Crippen LogP contribution is -1.97. The number of aliphatic hydroxyl groups excluding tert-OH is 1. The van der Waals surface area contributed by atoms with Crippen molar-refractivity contribution in [2.75, 3.05) is 0 Å². The van der Waals surface area contributed by atoms with Gasteiger partial charge in [-0.3, -0.25) is 0 Å². The third kappa shape index (κ3) is 3.75. The number of aliphatic hydroxyl groups is 1. The van der Waals surface area contributed by atoms with Gasteiger partial charge in [-0.2, -0.15) is 0 Å². The maximum atomic E-state index is 9.28. The monoisotopic (exact) mass is 240 g/mol. The van der Waals surface area contributed by atoms with Crippen LogP contribution in [-0.2, 0) is 0 Å². The van der Waals surface area contributed by atoms with E-state index >= 15 is 0 Å². The Balaban J connectivity index is 2.64. The average Bonchev–Trinajstić information content (AvgIpc) is 2.16. The fourth-order valence-electron chi connectivity index (χ4n) is 0.932. The van der Waals surface area contributed by atoms with Gasteiger partial charge in [-0.15, -0.1) is 0 Å². The molecule has 1 atom stereocenters. The van der Waals surface area contributed by atoms with E-state index in [-0.39, 0.29) is 6.10 Å². The van der Waals surface area contributed by atoms with Crippen molar-refractivity contribution >= 4 is 22.0 Å². The van der Waals surface area contributed by atoms with E-state index in [0.717, 1.165) is 16.5 Å². The summed E-state index contributed by atoms with van der Waals surface area (Å²) in [6.45, 7) is 1.95. The lowest BCUT2D eigenvalue weighted by atomic mass is 10.2. The molecule has 0 saturated heterocycles. The fraction of sp³-hybridized carbons (Fsp3) is 0.273. The highest BCUT2D eigenvalue weighted by Crippen LogP contribution is 2.11. The number of hydrogen-bond donors (Lipinski definition) is 1. The molecule has 1 N–H and O–H groups in total. The normalized spacial score (nSPS) is 13.5. The molecule has 0 bridgehead atoms. The maximum absolute atomic E-state index is 9.28. The number of benzene rings is 1. The lowest BCUT2D eigenvalue weighted by molar-refractivity contribution is 0.220. The summed E-state index contributed by atoms with van der Waals surface area (Å²) in [4.78, 5) is 0. The van der Waals surface area contributed by atoms with E-state index < -0.39 is 0 Å². The predicted octanol–water partition coefficient (Wildman–Crippen LogP) is 3.23. The van der Waals surface area contributed by atoms with Crippen LogP contribution in [-0.4, -0.2) is 11.2 Å². The molecular weight excluding hydrogens is 228 g/mol. The summed E-state index contributed by atoms with van der Waals surface area (Å²) in [5, 5.41) is 9.28. The molecule has 1 rings (SSSR count). The molecule has 0 amide bonds. The molecule has 1 aromatic carbocycles. The predicted molar refractivity (Wildman–Crippen MR) is 59.5 cm³/mol. The van der Waals surface area contributed by atoms with Gasteiger partial charge in [-0.25, -0.2) is 0 Å². The van der Waals surface area contributed by atoms with E-state index in [4.69, 9.17) is 0 Å². The Kier molecular flexibility index (Phi) is 4.19. The first-order valence-corrected chi connectivity index (χ1v) is 5.13. The van der Waals surface area contributed by atoms with Crippen LogP contribution in [0.25, 0.3) is 6.08 Å². The van der Waals surface area contributed by atoms with E-state index in [1.54, 1.807) is 0 Å². The van der Waals surface area contributed by atoms with Gasteiger partial charge in [0.1, 0.15) is 0 Å². The molecule has 0 fully saturated rings. The molecule has 0 aliphatic rings. The minimum absolute atomic E-state index is 0.330. The Morgan fingerprint density at radius 2 is 2.00 bits per heavy atom. The van der Waals surface area contributed by atoms with Gasteiger partial charge in [0.2, 0.25) is 0 Å². The molecule has 0 radical (unpaired) electrons. The summed E-state index contributed by atoms with van der Waals surface area (Å²) in [5.74, 6) is 0. The second kappa shape index (κ2) is 5.20. The van der Waals surface area contributed by atoms with Crippen LogP contribution in [0.1, 0.15) is 18.9 Å². The zero-order valence-electron chi connectivity index (χ0n) is 7.57. The van der Waals surface area contributed by atoms with E-state index in [1.165, 1.54) is 0 Å². The van der Waals surface area contributed by atoms with Crippen LogP contribution in [0.5, 0.6) is 0 Å². The standard InChI is InChI=1S/C11H13BrO/c1-2-11(13)8-5-9-3-6-10(12)7-4-9/h3-8,11,13H,2H2,1H3/b8-5+/t11-/m0/s1. The molecule has 0 aromatic heterocycles. The third-order valence-corrected chi connectivity index (χ3v) is 2.33. The van der Waals surface area contributed by atoms with Crippen molar-refractivity contribution in [3.8, 4) is 0 Å². The molecule has 2 heteroatoms. The van der Waals surface area contributed by atoms with Crippen LogP contribution in [0.4, 0.5) is 0 Å². The van der Waals surface area contributed by atoms with Gasteiger partial charge in [0.05, 0.1) is 6.10 Å². The zero-order chi connectivity index (χ0) is 9.68. The minimum Gasteiger partial charge on any atom is -0.389 e. The van der Waals surface area contributed by atoms with Crippen molar-refractivity contribution in [3.05, 3.63) is 40.4 Å². The van der Waals surface area contributed by atoms with Crippen LogP contribution in [0.15, 0.2) is 34.8 Å². The molecule has 0 aliphatic carbocycles. The molecule has 0 aliphatic heterocycles. The average molecular weight is 241 g/mol. The number of halogens is 1. The highest BCUT2D eigenvalue weighted by molar-refractivity contribution is 9.10. The van der Waals surface area contributed by atoms with Crippen LogP contribution in [0.2, 0.25) is 0 Å². The van der Waals surface area contributed by atoms with Crippen LogP contribution in [0.3, 0.4) is 0 Å². The van der Waals surface area contributed by atoms with Gasteiger partial charge in [-0.1, -0.05) is 47.1 Å². The molecule has 1 nitrogen and oxygen atoms in total. The molecule has 0 spiro atoms. The summed E-state index contributed by atoms with van der Waals surface area (Å²) >= 11 is 3.37. The number of hydrogen-bond acceptors (Lipinski definition) is 1. The topological polar surface area (TPSA) is 20.2 Å². The summed E-state index contributed by atoms with van der Waals surface area (Å²) in [6, 6.07) is 7.97. The number of rotatable bonds is 3. The van der Waals surface area contributed by atoms with E-state index in [9.17, 15) is 5.11 Å². The smallest absolute Gasteiger partial charge is 0.0721 e. The van der Waals surface area contributed by atoms with Gasteiger partial charge in [0, 0.05) is 4.47 Å². The molecular formula is C11H13BrO. The van der Waals surface area contributed by atoms with E-state index in [2.05, 4.69) is 15.9 Å². The first kappa shape index (κ1) is 10.5. The van der Waals surface area contributed by atoms with Gasteiger partial charge in [-0.05, 0) is 24.1 Å². The third-order valence-electron chi connectivity index (χ3n) is 1.80. The molecule has 0 saturated carbocycles. The first-order chi connectivity index (χ1) is 6.22. The van der Waals surface area contributed by atoms with E-state index in [0.29, 0.717) is 0 Å². The van der Waals surface area contributed by atoms with Crippen molar-refractivity contribution in [1.29, 1.82) is 0 Å². The van der Waals surface area contributed by atoms with Gasteiger partial charge in [0.25, 0.3) is 0 Å². The summed E-state index contributed by atoms with van der Waals surface area (Å²) in [7, 11) is 0. The van der Waals surface area contributed by atoms with Crippen molar-refractivity contribution in [2.24, 2.45) is 0 Å². The Labute approximate surface area is 87.2 Å². The molecule has 0 heterocycles. The Morgan fingerprint density at radius 3 is 2.54 bits per heavy atom. The van der Waals surface area contributed by atoms with Gasteiger partial charge >= 0.3 is 0 Å². The van der Waals surface area contributed by atoms with Crippen LogP contribution < -0.4 is 0 Å². The quantitative estimate of drug-likeness (QED) is 0.861. The SMILES string of the molecule is CC[C@H](O)/C=C/c1ccc(Br)cc1. The van der Waals surface area contributed by atoms with Crippen LogP contribution in [0, 0.1) is 0 Å². The summed E-state index contributed by atoms with van der Waals surface area (Å²) < 4.78 is 1.07. The largest absolute Gasteiger partial charge is 0.389 e. The van der Waals surface area contributed by atoms with Crippen LogP contribution >= 0.6 is 15.9 Å². The van der Waals surface area contributed by atoms with Gasteiger partial charge < -0.3 is 5.11 Å². The van der Waals surface area contributed by atoms with E-state index in [1.807, 2.05) is 43.3 Å². The van der Waals surface area contributed by atoms with Crippen molar-refractivity contribution < 1.29 is 5.11 Å². The minimum atomic E-state index is -0.330. The Bertz CT molecular complexity index is 277. The Hall–Kier alpha value is -0.600.